The van der Waals surface area contributed by atoms with Gasteiger partial charge < -0.3 is 19.9 Å². The number of ether oxygens (including phenoxy) is 1. The Bertz CT molecular complexity index is 1610. The summed E-state index contributed by atoms with van der Waals surface area (Å²) in [5, 5.41) is 3.43. The second-order valence-electron chi connectivity index (χ2n) is 9.58. The monoisotopic (exact) mass is 520 g/mol. The molecule has 0 fully saturated rings. The molecule has 8 heteroatoms. The maximum absolute atomic E-state index is 12.6. The number of rotatable bonds is 10. The Kier molecular flexibility index (Phi) is 7.84. The molecule has 39 heavy (non-hydrogen) atoms. The van der Waals surface area contributed by atoms with Gasteiger partial charge in [-0.1, -0.05) is 72.8 Å². The molecule has 3 N–H and O–H groups in total. The molecule has 0 spiro atoms. The van der Waals surface area contributed by atoms with Crippen LogP contribution >= 0.6 is 0 Å². The standard InChI is InChI=1S/C31H32N6O2/c1-21(34-31-35-29-28(30(38)36-31)32-20-33-29)26(22-10-6-4-7-11-22)27(23-12-8-5-9-13-23)24-14-16-25(17-15-24)39-19-18-37(2)3/h4-17,20-21H,18-19H2,1-3H3,(H3,32,33,34,35,36,38)/b27-26+. The van der Waals surface area contributed by atoms with Crippen LogP contribution in [0.25, 0.3) is 22.3 Å². The van der Waals surface area contributed by atoms with Crippen LogP contribution in [0.5, 0.6) is 5.75 Å². The summed E-state index contributed by atoms with van der Waals surface area (Å²) in [7, 11) is 4.06. The van der Waals surface area contributed by atoms with Gasteiger partial charge in [-0.15, -0.1) is 0 Å². The number of aromatic nitrogens is 4. The summed E-state index contributed by atoms with van der Waals surface area (Å²) in [6.07, 6.45) is 1.47. The zero-order valence-electron chi connectivity index (χ0n) is 22.3. The van der Waals surface area contributed by atoms with Crippen molar-refractivity contribution in [1.82, 2.24) is 24.8 Å². The van der Waals surface area contributed by atoms with Crippen molar-refractivity contribution in [3.8, 4) is 5.75 Å². The predicted molar refractivity (Wildman–Crippen MR) is 157 cm³/mol. The Labute approximate surface area is 227 Å². The van der Waals surface area contributed by atoms with Crippen molar-refractivity contribution < 1.29 is 4.74 Å². The summed E-state index contributed by atoms with van der Waals surface area (Å²) >= 11 is 0. The lowest BCUT2D eigenvalue weighted by Crippen LogP contribution is -2.23. The zero-order chi connectivity index (χ0) is 27.2. The molecular formula is C31H32N6O2. The number of benzene rings is 3. The molecule has 0 aliphatic heterocycles. The van der Waals surface area contributed by atoms with E-state index in [4.69, 9.17) is 4.74 Å². The molecule has 0 aliphatic rings. The van der Waals surface area contributed by atoms with E-state index in [9.17, 15) is 4.79 Å². The number of hydrogen-bond donors (Lipinski definition) is 3. The molecule has 1 unspecified atom stereocenters. The molecule has 0 saturated carbocycles. The van der Waals surface area contributed by atoms with Crippen LogP contribution in [0.3, 0.4) is 0 Å². The van der Waals surface area contributed by atoms with Crippen LogP contribution < -0.4 is 15.6 Å². The van der Waals surface area contributed by atoms with Gasteiger partial charge in [-0.05, 0) is 61.0 Å². The fraction of sp³-hybridized carbons (Fsp3) is 0.194. The number of nitrogens with one attached hydrogen (secondary N) is 3. The average Bonchev–Trinajstić information content (AvgIpc) is 3.42. The maximum Gasteiger partial charge on any atom is 0.278 e. The number of nitrogens with zero attached hydrogens (tertiary/aromatic N) is 3. The lowest BCUT2D eigenvalue weighted by Gasteiger charge is -2.24. The second-order valence-corrected chi connectivity index (χ2v) is 9.58. The first-order valence-corrected chi connectivity index (χ1v) is 12.9. The fourth-order valence-corrected chi connectivity index (χ4v) is 4.56. The molecule has 0 bridgehead atoms. The van der Waals surface area contributed by atoms with Gasteiger partial charge in [0.2, 0.25) is 5.95 Å². The molecule has 5 rings (SSSR count). The normalized spacial score (nSPS) is 12.8. The first-order valence-electron chi connectivity index (χ1n) is 12.9. The van der Waals surface area contributed by atoms with E-state index in [0.29, 0.717) is 23.7 Å². The Hall–Kier alpha value is -4.69. The molecule has 198 valence electrons. The molecule has 2 heterocycles. The number of hydrogen-bond acceptors (Lipinski definition) is 6. The van der Waals surface area contributed by atoms with E-state index in [1.807, 2.05) is 62.6 Å². The molecule has 0 radical (unpaired) electrons. The molecule has 2 aromatic heterocycles. The van der Waals surface area contributed by atoms with Crippen molar-refractivity contribution >= 4 is 28.3 Å². The van der Waals surface area contributed by atoms with Crippen molar-refractivity contribution in [3.05, 3.63) is 118 Å². The SMILES string of the molecule is CC(Nc1nc2nc[nH]c2c(=O)[nH]1)/C(=C(/c1ccccc1)c1ccc(OCCN(C)C)cc1)c1ccccc1. The van der Waals surface area contributed by atoms with Gasteiger partial charge in [0.05, 0.1) is 12.4 Å². The van der Waals surface area contributed by atoms with E-state index in [-0.39, 0.29) is 11.6 Å². The Balaban J connectivity index is 1.60. The van der Waals surface area contributed by atoms with E-state index < -0.39 is 0 Å². The number of H-pyrrole nitrogens is 2. The zero-order valence-corrected chi connectivity index (χ0v) is 22.3. The van der Waals surface area contributed by atoms with Crippen molar-refractivity contribution in [2.45, 2.75) is 13.0 Å². The van der Waals surface area contributed by atoms with Crippen molar-refractivity contribution in [3.63, 3.8) is 0 Å². The highest BCUT2D eigenvalue weighted by molar-refractivity contribution is 6.00. The van der Waals surface area contributed by atoms with Crippen LogP contribution in [0.1, 0.15) is 23.6 Å². The number of fused-ring (bicyclic) bond motifs is 1. The van der Waals surface area contributed by atoms with Gasteiger partial charge in [-0.2, -0.15) is 4.98 Å². The van der Waals surface area contributed by atoms with Crippen LogP contribution in [-0.2, 0) is 0 Å². The quantitative estimate of drug-likeness (QED) is 0.223. The lowest BCUT2D eigenvalue weighted by atomic mass is 9.86. The molecule has 8 nitrogen and oxygen atoms in total. The predicted octanol–water partition coefficient (Wildman–Crippen LogP) is 5.05. The van der Waals surface area contributed by atoms with E-state index in [1.165, 1.54) is 6.33 Å². The second kappa shape index (κ2) is 11.8. The Morgan fingerprint density at radius 3 is 2.23 bits per heavy atom. The van der Waals surface area contributed by atoms with Gasteiger partial charge in [-0.3, -0.25) is 9.78 Å². The molecule has 0 saturated heterocycles. The fourth-order valence-electron chi connectivity index (χ4n) is 4.56. The topological polar surface area (TPSA) is 98.9 Å². The van der Waals surface area contributed by atoms with Crippen molar-refractivity contribution in [2.75, 3.05) is 32.6 Å². The number of anilines is 1. The summed E-state index contributed by atoms with van der Waals surface area (Å²) in [5.74, 6) is 1.19. The van der Waals surface area contributed by atoms with Crippen LogP contribution in [0.15, 0.2) is 96.1 Å². The van der Waals surface area contributed by atoms with Gasteiger partial charge in [-0.25, -0.2) is 4.98 Å². The van der Waals surface area contributed by atoms with Gasteiger partial charge in [0.25, 0.3) is 5.56 Å². The third-order valence-electron chi connectivity index (χ3n) is 6.45. The molecule has 0 amide bonds. The highest BCUT2D eigenvalue weighted by Crippen LogP contribution is 2.36. The van der Waals surface area contributed by atoms with Crippen LogP contribution in [0.4, 0.5) is 5.95 Å². The van der Waals surface area contributed by atoms with Crippen molar-refractivity contribution in [2.24, 2.45) is 0 Å². The molecule has 3 aromatic carbocycles. The third kappa shape index (κ3) is 6.08. The third-order valence-corrected chi connectivity index (χ3v) is 6.45. The van der Waals surface area contributed by atoms with E-state index in [2.05, 4.69) is 73.5 Å². The van der Waals surface area contributed by atoms with E-state index in [1.54, 1.807) is 0 Å². The van der Waals surface area contributed by atoms with Gasteiger partial charge >= 0.3 is 0 Å². The molecule has 0 aliphatic carbocycles. The molecule has 5 aromatic rings. The smallest absolute Gasteiger partial charge is 0.278 e. The summed E-state index contributed by atoms with van der Waals surface area (Å²) < 4.78 is 5.95. The summed E-state index contributed by atoms with van der Waals surface area (Å²) in [5.41, 5.74) is 5.78. The maximum atomic E-state index is 12.6. The van der Waals surface area contributed by atoms with Crippen LogP contribution in [0, 0.1) is 0 Å². The summed E-state index contributed by atoms with van der Waals surface area (Å²) in [6.45, 7) is 3.53. The molecule has 1 atom stereocenters. The van der Waals surface area contributed by atoms with Gasteiger partial charge in [0, 0.05) is 6.54 Å². The first-order chi connectivity index (χ1) is 19.0. The van der Waals surface area contributed by atoms with Crippen LogP contribution in [-0.4, -0.2) is 58.1 Å². The van der Waals surface area contributed by atoms with Crippen molar-refractivity contribution in [1.29, 1.82) is 0 Å². The van der Waals surface area contributed by atoms with Gasteiger partial charge in [0.15, 0.2) is 11.2 Å². The minimum Gasteiger partial charge on any atom is -0.492 e. The lowest BCUT2D eigenvalue weighted by molar-refractivity contribution is 0.261. The minimum atomic E-state index is -0.273. The van der Waals surface area contributed by atoms with Gasteiger partial charge in [0.1, 0.15) is 12.4 Å². The molecular weight excluding hydrogens is 488 g/mol. The Morgan fingerprint density at radius 1 is 0.923 bits per heavy atom. The minimum absolute atomic E-state index is 0.224. The van der Waals surface area contributed by atoms with Crippen LogP contribution in [0.2, 0.25) is 0 Å². The average molecular weight is 521 g/mol. The Morgan fingerprint density at radius 2 is 1.56 bits per heavy atom. The first kappa shape index (κ1) is 25.9. The highest BCUT2D eigenvalue weighted by atomic mass is 16.5. The highest BCUT2D eigenvalue weighted by Gasteiger charge is 2.21. The summed E-state index contributed by atoms with van der Waals surface area (Å²) in [6, 6.07) is 28.6. The van der Waals surface area contributed by atoms with E-state index in [0.717, 1.165) is 40.1 Å². The number of imidazole rings is 1. The van der Waals surface area contributed by atoms with E-state index >= 15 is 0 Å². The number of likely N-dealkylation sites (N-methyl/N-ethyl adjacent to an activating group) is 1. The summed E-state index contributed by atoms with van der Waals surface area (Å²) in [4.78, 5) is 29.0. The number of aromatic amines is 2. The largest absolute Gasteiger partial charge is 0.492 e.